The Morgan fingerprint density at radius 3 is 2.56 bits per heavy atom. The maximum atomic E-state index is 12.4. The van der Waals surface area contributed by atoms with Crippen molar-refractivity contribution < 1.29 is 13.2 Å². The molecule has 3 atom stereocenters. The van der Waals surface area contributed by atoms with Crippen LogP contribution in [0.5, 0.6) is 0 Å². The molecule has 2 aromatic rings. The molecule has 4 rings (SSSR count). The number of hydrogen-bond acceptors (Lipinski definition) is 5. The summed E-state index contributed by atoms with van der Waals surface area (Å²) in [6.45, 7) is 0. The molecule has 6 nitrogen and oxygen atoms in total. The van der Waals surface area contributed by atoms with Gasteiger partial charge in [0.1, 0.15) is 0 Å². The van der Waals surface area contributed by atoms with Crippen LogP contribution in [0.3, 0.4) is 0 Å². The Bertz CT molecular complexity index is 863. The van der Waals surface area contributed by atoms with Crippen LogP contribution < -0.4 is 10.0 Å². The lowest BCUT2D eigenvalue weighted by molar-refractivity contribution is -0.121. The second kappa shape index (κ2) is 6.42. The molecule has 1 amide bonds. The zero-order valence-corrected chi connectivity index (χ0v) is 15.1. The van der Waals surface area contributed by atoms with Crippen molar-refractivity contribution in [3.63, 3.8) is 0 Å². The Morgan fingerprint density at radius 1 is 1.16 bits per heavy atom. The number of amides is 1. The van der Waals surface area contributed by atoms with Crippen molar-refractivity contribution >= 4 is 38.1 Å². The largest absolute Gasteiger partial charge is 0.326 e. The van der Waals surface area contributed by atoms with Gasteiger partial charge in [0.15, 0.2) is 5.13 Å². The van der Waals surface area contributed by atoms with E-state index in [2.05, 4.69) is 15.0 Å². The number of carbonyl (C=O) groups excluding carboxylic acids is 1. The summed E-state index contributed by atoms with van der Waals surface area (Å²) in [6, 6.07) is 6.24. The summed E-state index contributed by atoms with van der Waals surface area (Å²) < 4.78 is 27.0. The summed E-state index contributed by atoms with van der Waals surface area (Å²) in [5.41, 5.74) is 0.626. The number of benzene rings is 1. The van der Waals surface area contributed by atoms with E-state index in [0.29, 0.717) is 22.7 Å². The minimum absolute atomic E-state index is 0.0590. The van der Waals surface area contributed by atoms with E-state index < -0.39 is 10.0 Å². The van der Waals surface area contributed by atoms with Gasteiger partial charge in [-0.15, -0.1) is 11.3 Å². The number of hydrogen-bond donors (Lipinski definition) is 2. The maximum absolute atomic E-state index is 12.4. The molecule has 0 aliphatic heterocycles. The van der Waals surface area contributed by atoms with Gasteiger partial charge in [-0.25, -0.2) is 13.4 Å². The van der Waals surface area contributed by atoms with Crippen molar-refractivity contribution in [2.45, 2.75) is 30.6 Å². The Kier molecular flexibility index (Phi) is 4.24. The second-order valence-electron chi connectivity index (χ2n) is 6.74. The van der Waals surface area contributed by atoms with E-state index in [1.165, 1.54) is 42.5 Å². The first-order valence-corrected chi connectivity index (χ1v) is 10.7. The van der Waals surface area contributed by atoms with Crippen LogP contribution in [-0.2, 0) is 14.8 Å². The third kappa shape index (κ3) is 3.41. The Labute approximate surface area is 150 Å². The number of sulfonamides is 1. The topological polar surface area (TPSA) is 88.2 Å². The number of thiazole rings is 1. The van der Waals surface area contributed by atoms with Gasteiger partial charge >= 0.3 is 0 Å². The van der Waals surface area contributed by atoms with E-state index in [1.807, 2.05) is 0 Å². The van der Waals surface area contributed by atoms with E-state index in [1.54, 1.807) is 17.5 Å². The minimum Gasteiger partial charge on any atom is -0.326 e. The van der Waals surface area contributed by atoms with Gasteiger partial charge in [-0.2, -0.15) is 0 Å². The summed E-state index contributed by atoms with van der Waals surface area (Å²) in [7, 11) is -3.67. The summed E-state index contributed by atoms with van der Waals surface area (Å²) in [5.74, 6) is 1.40. The molecule has 2 N–H and O–H groups in total. The van der Waals surface area contributed by atoms with E-state index in [9.17, 15) is 13.2 Å². The molecule has 1 aromatic heterocycles. The van der Waals surface area contributed by atoms with Crippen molar-refractivity contribution in [2.24, 2.45) is 17.8 Å². The number of carbonyl (C=O) groups is 1. The van der Waals surface area contributed by atoms with E-state index in [4.69, 9.17) is 0 Å². The summed E-state index contributed by atoms with van der Waals surface area (Å²) in [6.07, 6.45) is 6.12. The van der Waals surface area contributed by atoms with Crippen molar-refractivity contribution in [2.75, 3.05) is 10.0 Å². The smallest absolute Gasteiger partial charge is 0.263 e. The molecule has 0 saturated heterocycles. The van der Waals surface area contributed by atoms with Crippen LogP contribution in [0.4, 0.5) is 10.8 Å². The molecule has 1 aromatic carbocycles. The number of rotatable bonds is 5. The van der Waals surface area contributed by atoms with Crippen LogP contribution in [0.2, 0.25) is 0 Å². The highest BCUT2D eigenvalue weighted by atomic mass is 32.2. The lowest BCUT2D eigenvalue weighted by Crippen LogP contribution is -2.27. The SMILES string of the molecule is O=C(Nc1ccc(S(=O)(=O)Nc2nccs2)cc1)[C@H]1C[C@H]2CC[C@@H]1C2. The van der Waals surface area contributed by atoms with Gasteiger partial charge in [-0.05, 0) is 55.4 Å². The normalized spacial score (nSPS) is 25.0. The Balaban J connectivity index is 1.42. The molecule has 2 aliphatic rings. The molecule has 0 unspecified atom stereocenters. The number of aromatic nitrogens is 1. The van der Waals surface area contributed by atoms with Crippen LogP contribution in [-0.4, -0.2) is 19.3 Å². The van der Waals surface area contributed by atoms with Gasteiger partial charge in [-0.1, -0.05) is 6.42 Å². The number of fused-ring (bicyclic) bond motifs is 2. The average Bonchev–Trinajstić information content (AvgIpc) is 3.32. The van der Waals surface area contributed by atoms with Crippen LogP contribution in [0, 0.1) is 17.8 Å². The number of nitrogens with zero attached hydrogens (tertiary/aromatic N) is 1. The monoisotopic (exact) mass is 377 g/mol. The fourth-order valence-corrected chi connectivity index (χ4v) is 5.75. The van der Waals surface area contributed by atoms with Crippen LogP contribution in [0.1, 0.15) is 25.7 Å². The fourth-order valence-electron chi connectivity index (χ4n) is 3.97. The zero-order valence-electron chi connectivity index (χ0n) is 13.5. The molecule has 1 heterocycles. The average molecular weight is 377 g/mol. The van der Waals surface area contributed by atoms with E-state index >= 15 is 0 Å². The number of nitrogens with one attached hydrogen (secondary N) is 2. The first kappa shape index (κ1) is 16.5. The minimum atomic E-state index is -3.67. The first-order chi connectivity index (χ1) is 12.0. The molecule has 2 aliphatic carbocycles. The first-order valence-electron chi connectivity index (χ1n) is 8.34. The van der Waals surface area contributed by atoms with Crippen molar-refractivity contribution in [1.82, 2.24) is 4.98 Å². The molecular weight excluding hydrogens is 358 g/mol. The van der Waals surface area contributed by atoms with Crippen LogP contribution in [0.25, 0.3) is 0 Å². The number of anilines is 2. The third-order valence-corrected chi connectivity index (χ3v) is 7.33. The van der Waals surface area contributed by atoms with Crippen LogP contribution in [0.15, 0.2) is 40.7 Å². The highest BCUT2D eigenvalue weighted by molar-refractivity contribution is 7.93. The van der Waals surface area contributed by atoms with Gasteiger partial charge in [0.25, 0.3) is 10.0 Å². The van der Waals surface area contributed by atoms with Gasteiger partial charge in [0.05, 0.1) is 4.90 Å². The molecule has 2 fully saturated rings. The molecule has 0 radical (unpaired) electrons. The van der Waals surface area contributed by atoms with Crippen molar-refractivity contribution in [3.05, 3.63) is 35.8 Å². The van der Waals surface area contributed by atoms with E-state index in [-0.39, 0.29) is 16.7 Å². The van der Waals surface area contributed by atoms with Gasteiger partial charge in [0.2, 0.25) is 5.91 Å². The summed E-state index contributed by atoms with van der Waals surface area (Å²) >= 11 is 1.22. The Hall–Kier alpha value is -1.93. The lowest BCUT2D eigenvalue weighted by Gasteiger charge is -2.20. The molecule has 132 valence electrons. The quantitative estimate of drug-likeness (QED) is 0.837. The summed E-state index contributed by atoms with van der Waals surface area (Å²) in [5, 5.41) is 4.96. The highest BCUT2D eigenvalue weighted by Crippen LogP contribution is 2.48. The zero-order chi connectivity index (χ0) is 17.4. The fraction of sp³-hybridized carbons (Fsp3) is 0.412. The molecule has 25 heavy (non-hydrogen) atoms. The van der Waals surface area contributed by atoms with Crippen LogP contribution >= 0.6 is 11.3 Å². The predicted molar refractivity (Wildman–Crippen MR) is 96.9 cm³/mol. The third-order valence-electron chi connectivity index (χ3n) is 5.16. The molecular formula is C17H19N3O3S2. The van der Waals surface area contributed by atoms with Gasteiger partial charge < -0.3 is 5.32 Å². The second-order valence-corrected chi connectivity index (χ2v) is 9.31. The molecule has 2 bridgehead atoms. The maximum Gasteiger partial charge on any atom is 0.263 e. The lowest BCUT2D eigenvalue weighted by atomic mass is 9.88. The van der Waals surface area contributed by atoms with Gasteiger partial charge in [-0.3, -0.25) is 9.52 Å². The predicted octanol–water partition coefficient (Wildman–Crippen LogP) is 3.32. The van der Waals surface area contributed by atoms with Gasteiger partial charge in [0, 0.05) is 23.2 Å². The van der Waals surface area contributed by atoms with Crippen molar-refractivity contribution in [3.8, 4) is 0 Å². The van der Waals surface area contributed by atoms with Crippen molar-refractivity contribution in [1.29, 1.82) is 0 Å². The molecule has 0 spiro atoms. The van der Waals surface area contributed by atoms with E-state index in [0.717, 1.165) is 12.8 Å². The molecule has 2 saturated carbocycles. The standard InChI is InChI=1S/C17H19N3O3S2/c21-16(15-10-11-1-2-12(15)9-11)19-13-3-5-14(6-4-13)25(22,23)20-17-18-7-8-24-17/h3-8,11-12,15H,1-2,9-10H2,(H,18,20)(H,19,21)/t11-,12+,15-/m0/s1. The Morgan fingerprint density at radius 2 is 1.96 bits per heavy atom. The molecule has 8 heteroatoms. The summed E-state index contributed by atoms with van der Waals surface area (Å²) in [4.78, 5) is 16.5. The highest BCUT2D eigenvalue weighted by Gasteiger charge is 2.43.